The van der Waals surface area contributed by atoms with Crippen LogP contribution in [0, 0.1) is 0 Å². The highest BCUT2D eigenvalue weighted by atomic mass is 35.5. The fourth-order valence-corrected chi connectivity index (χ4v) is 2.17. The van der Waals surface area contributed by atoms with Gasteiger partial charge in [-0.1, -0.05) is 29.8 Å². The van der Waals surface area contributed by atoms with Crippen molar-refractivity contribution in [1.82, 2.24) is 4.90 Å². The van der Waals surface area contributed by atoms with Crippen molar-refractivity contribution in [3.63, 3.8) is 0 Å². The maximum absolute atomic E-state index is 11.8. The fraction of sp³-hybridized carbons (Fsp3) is 0.462. The fourth-order valence-electron chi connectivity index (χ4n) is 1.91. The number of hydrogen-bond acceptors (Lipinski definition) is 2. The molecule has 1 saturated heterocycles. The van der Waals surface area contributed by atoms with Crippen LogP contribution in [0.4, 0.5) is 4.79 Å². The first kappa shape index (κ1) is 12.2. The van der Waals surface area contributed by atoms with E-state index in [-0.39, 0.29) is 17.7 Å². The van der Waals surface area contributed by atoms with Gasteiger partial charge >= 0.3 is 6.09 Å². The first-order valence-corrected chi connectivity index (χ1v) is 6.00. The van der Waals surface area contributed by atoms with Crippen LogP contribution in [-0.2, 0) is 4.74 Å². The minimum Gasteiger partial charge on any atom is -0.439 e. The number of carbonyl (C=O) groups is 1. The van der Waals surface area contributed by atoms with Crippen molar-refractivity contribution < 1.29 is 9.53 Å². The number of cyclic esters (lactones) is 1. The molecule has 1 aromatic rings. The largest absolute Gasteiger partial charge is 0.439 e. The minimum absolute atomic E-state index is 0.229. The molecule has 17 heavy (non-hydrogen) atoms. The molecular formula is C13H16ClNO2. The molecule has 1 unspecified atom stereocenters. The average molecular weight is 254 g/mol. The van der Waals surface area contributed by atoms with Gasteiger partial charge in [0, 0.05) is 16.1 Å². The Hall–Kier alpha value is -1.22. The van der Waals surface area contributed by atoms with Gasteiger partial charge in [-0.2, -0.15) is 0 Å². The van der Waals surface area contributed by atoms with E-state index in [9.17, 15) is 4.79 Å². The summed E-state index contributed by atoms with van der Waals surface area (Å²) in [6, 6.07) is 7.47. The van der Waals surface area contributed by atoms with Gasteiger partial charge in [-0.15, -0.1) is 0 Å². The summed E-state index contributed by atoms with van der Waals surface area (Å²) in [6.07, 6.45) is -0.544. The summed E-state index contributed by atoms with van der Waals surface area (Å²) < 4.78 is 5.37. The van der Waals surface area contributed by atoms with Crippen LogP contribution in [-0.4, -0.2) is 23.1 Å². The Morgan fingerprint density at radius 3 is 2.53 bits per heavy atom. The van der Waals surface area contributed by atoms with E-state index in [1.165, 1.54) is 0 Å². The molecule has 3 nitrogen and oxygen atoms in total. The number of amides is 1. The molecule has 92 valence electrons. The zero-order chi connectivity index (χ0) is 12.6. The second-order valence-corrected chi connectivity index (χ2v) is 5.58. The van der Waals surface area contributed by atoms with Crippen LogP contribution in [0.15, 0.2) is 24.3 Å². The summed E-state index contributed by atoms with van der Waals surface area (Å²) in [5, 5.41) is 0.640. The molecule has 0 radical (unpaired) electrons. The second-order valence-electron chi connectivity index (χ2n) is 5.18. The number of benzene rings is 1. The van der Waals surface area contributed by atoms with Crippen molar-refractivity contribution in [2.75, 3.05) is 6.54 Å². The van der Waals surface area contributed by atoms with Gasteiger partial charge in [-0.05, 0) is 26.8 Å². The van der Waals surface area contributed by atoms with Crippen molar-refractivity contribution in [2.45, 2.75) is 32.4 Å². The van der Waals surface area contributed by atoms with Gasteiger partial charge in [0.2, 0.25) is 0 Å². The molecule has 1 aliphatic rings. The maximum atomic E-state index is 11.8. The van der Waals surface area contributed by atoms with Crippen molar-refractivity contribution >= 4 is 17.7 Å². The van der Waals surface area contributed by atoms with E-state index in [1.807, 2.05) is 45.0 Å². The molecule has 1 amide bonds. The van der Waals surface area contributed by atoms with Crippen LogP contribution in [0.25, 0.3) is 0 Å². The third-order valence-electron chi connectivity index (χ3n) is 2.87. The predicted octanol–water partition coefficient (Wildman–Crippen LogP) is 3.63. The second kappa shape index (κ2) is 4.22. The van der Waals surface area contributed by atoms with Gasteiger partial charge in [-0.25, -0.2) is 4.79 Å². The molecule has 2 rings (SSSR count). The molecule has 0 N–H and O–H groups in total. The van der Waals surface area contributed by atoms with Crippen LogP contribution in [0.1, 0.15) is 32.4 Å². The quantitative estimate of drug-likeness (QED) is 0.765. The Morgan fingerprint density at radius 1 is 1.35 bits per heavy atom. The molecular weight excluding hydrogens is 238 g/mol. The lowest BCUT2D eigenvalue weighted by Crippen LogP contribution is -2.41. The molecule has 4 heteroatoms. The van der Waals surface area contributed by atoms with Crippen molar-refractivity contribution in [3.8, 4) is 0 Å². The smallest absolute Gasteiger partial charge is 0.411 e. The number of halogens is 1. The van der Waals surface area contributed by atoms with E-state index in [0.717, 1.165) is 5.56 Å². The highest BCUT2D eigenvalue weighted by Gasteiger charge is 2.39. The zero-order valence-corrected chi connectivity index (χ0v) is 11.0. The summed E-state index contributed by atoms with van der Waals surface area (Å²) in [7, 11) is 0. The number of nitrogens with zero attached hydrogens (tertiary/aromatic N) is 1. The first-order valence-electron chi connectivity index (χ1n) is 5.62. The van der Waals surface area contributed by atoms with Gasteiger partial charge in [0.15, 0.2) is 0 Å². The highest BCUT2D eigenvalue weighted by molar-refractivity contribution is 6.31. The monoisotopic (exact) mass is 253 g/mol. The molecule has 1 heterocycles. The lowest BCUT2D eigenvalue weighted by molar-refractivity contribution is 0.120. The van der Waals surface area contributed by atoms with Crippen LogP contribution in [0.5, 0.6) is 0 Å². The zero-order valence-electron chi connectivity index (χ0n) is 10.2. The van der Waals surface area contributed by atoms with Gasteiger partial charge in [0.1, 0.15) is 6.10 Å². The molecule has 0 spiro atoms. The van der Waals surface area contributed by atoms with E-state index in [1.54, 1.807) is 4.90 Å². The lowest BCUT2D eigenvalue weighted by Gasteiger charge is -2.29. The molecule has 0 bridgehead atoms. The Bertz CT molecular complexity index is 439. The van der Waals surface area contributed by atoms with Crippen LogP contribution in [0.2, 0.25) is 5.02 Å². The third-order valence-corrected chi connectivity index (χ3v) is 3.22. The lowest BCUT2D eigenvalue weighted by atomic mass is 10.0. The average Bonchev–Trinajstić information content (AvgIpc) is 2.60. The topological polar surface area (TPSA) is 29.5 Å². The van der Waals surface area contributed by atoms with Gasteiger partial charge in [-0.3, -0.25) is 4.90 Å². The van der Waals surface area contributed by atoms with Crippen LogP contribution >= 0.6 is 11.6 Å². The minimum atomic E-state index is -0.276. The normalized spacial score (nSPS) is 20.6. The highest BCUT2D eigenvalue weighted by Crippen LogP contribution is 2.33. The molecule has 0 saturated carbocycles. The van der Waals surface area contributed by atoms with Gasteiger partial charge < -0.3 is 4.74 Å². The molecule has 1 atom stereocenters. The number of rotatable bonds is 1. The Kier molecular flexibility index (Phi) is 3.04. The molecule has 0 aromatic heterocycles. The van der Waals surface area contributed by atoms with E-state index in [2.05, 4.69) is 0 Å². The summed E-state index contributed by atoms with van der Waals surface area (Å²) in [5.41, 5.74) is 0.641. The summed E-state index contributed by atoms with van der Waals surface area (Å²) in [4.78, 5) is 13.5. The Labute approximate surface area is 106 Å². The van der Waals surface area contributed by atoms with Crippen molar-refractivity contribution in [3.05, 3.63) is 34.9 Å². The predicted molar refractivity (Wildman–Crippen MR) is 67.1 cm³/mol. The molecule has 1 aromatic carbocycles. The first-order chi connectivity index (χ1) is 7.89. The number of ether oxygens (including phenoxy) is 1. The number of carbonyl (C=O) groups excluding carboxylic acids is 1. The van der Waals surface area contributed by atoms with E-state index < -0.39 is 0 Å². The molecule has 1 aliphatic heterocycles. The van der Waals surface area contributed by atoms with E-state index >= 15 is 0 Å². The Morgan fingerprint density at radius 2 is 2.00 bits per heavy atom. The Balaban J connectivity index is 2.23. The third kappa shape index (κ3) is 2.39. The SMILES string of the molecule is CC(C)(C)N1CC(c2ccccc2Cl)OC1=O. The van der Waals surface area contributed by atoms with Crippen LogP contribution < -0.4 is 0 Å². The van der Waals surface area contributed by atoms with Crippen molar-refractivity contribution in [1.29, 1.82) is 0 Å². The van der Waals surface area contributed by atoms with Crippen LogP contribution in [0.3, 0.4) is 0 Å². The maximum Gasteiger partial charge on any atom is 0.411 e. The summed E-state index contributed by atoms with van der Waals surface area (Å²) >= 11 is 6.10. The number of hydrogen-bond donors (Lipinski definition) is 0. The molecule has 0 aliphatic carbocycles. The van der Waals surface area contributed by atoms with Gasteiger partial charge in [0.25, 0.3) is 0 Å². The van der Waals surface area contributed by atoms with E-state index in [4.69, 9.17) is 16.3 Å². The summed E-state index contributed by atoms with van der Waals surface area (Å²) in [6.45, 7) is 6.52. The molecule has 1 fully saturated rings. The van der Waals surface area contributed by atoms with Gasteiger partial charge in [0.05, 0.1) is 6.54 Å². The summed E-state index contributed by atoms with van der Waals surface area (Å²) in [5.74, 6) is 0. The van der Waals surface area contributed by atoms with E-state index in [0.29, 0.717) is 11.6 Å². The standard InChI is InChI=1S/C13H16ClNO2/c1-13(2,3)15-8-11(17-12(15)16)9-6-4-5-7-10(9)14/h4-7,11H,8H2,1-3H3. The van der Waals surface area contributed by atoms with Crippen molar-refractivity contribution in [2.24, 2.45) is 0 Å².